The summed E-state index contributed by atoms with van der Waals surface area (Å²) in [5.74, 6) is -0.296. The Kier molecular flexibility index (Phi) is 8.19. The van der Waals surface area contributed by atoms with Crippen LogP contribution < -0.4 is 10.6 Å². The second-order valence-corrected chi connectivity index (χ2v) is 8.18. The Labute approximate surface area is 188 Å². The first-order chi connectivity index (χ1) is 15.0. The largest absolute Gasteiger partial charge is 0.468 e. The molecule has 9 heteroatoms. The van der Waals surface area contributed by atoms with Crippen molar-refractivity contribution in [3.63, 3.8) is 0 Å². The van der Waals surface area contributed by atoms with E-state index in [9.17, 15) is 14.4 Å². The number of carbonyl (C=O) groups is 3. The molecule has 1 aromatic heterocycles. The van der Waals surface area contributed by atoms with Crippen LogP contribution in [0.3, 0.4) is 0 Å². The van der Waals surface area contributed by atoms with E-state index in [-0.39, 0.29) is 24.8 Å². The summed E-state index contributed by atoms with van der Waals surface area (Å²) in [6.07, 6.45) is 0.126. The minimum atomic E-state index is -0.503. The van der Waals surface area contributed by atoms with Crippen LogP contribution >= 0.6 is 23.1 Å². The molecule has 0 aliphatic rings. The van der Waals surface area contributed by atoms with Gasteiger partial charge in [0.25, 0.3) is 5.91 Å². The topological polar surface area (TPSA) is 97.4 Å². The summed E-state index contributed by atoms with van der Waals surface area (Å²) in [6.45, 7) is -0.163. The first-order valence-corrected chi connectivity index (χ1v) is 11.3. The standard InChI is InChI=1S/C22H21N3O4S2/c1-29-21(27)11-23-20(26)10-15-6-8-16(9-7-15)25-22(28)18-4-2-3-5-19(18)31-13-17-12-30-14-24-17/h2-9,12,14H,10-11,13H2,1H3,(H,23,26)(H,25,28). The molecule has 7 nitrogen and oxygen atoms in total. The van der Waals surface area contributed by atoms with Gasteiger partial charge in [0, 0.05) is 21.7 Å². The van der Waals surface area contributed by atoms with Crippen molar-refractivity contribution in [2.24, 2.45) is 0 Å². The lowest BCUT2D eigenvalue weighted by molar-refractivity contribution is -0.141. The molecule has 0 unspecified atom stereocenters. The van der Waals surface area contributed by atoms with Gasteiger partial charge in [0.15, 0.2) is 0 Å². The summed E-state index contributed by atoms with van der Waals surface area (Å²) in [7, 11) is 1.26. The summed E-state index contributed by atoms with van der Waals surface area (Å²) in [5.41, 5.74) is 4.76. The molecular formula is C22H21N3O4S2. The molecule has 1 heterocycles. The SMILES string of the molecule is COC(=O)CNC(=O)Cc1ccc(NC(=O)c2ccccc2SCc2cscn2)cc1. The minimum absolute atomic E-state index is 0.126. The zero-order chi connectivity index (χ0) is 22.1. The Morgan fingerprint density at radius 2 is 1.87 bits per heavy atom. The van der Waals surface area contributed by atoms with E-state index in [0.29, 0.717) is 17.0 Å². The van der Waals surface area contributed by atoms with Gasteiger partial charge >= 0.3 is 5.97 Å². The van der Waals surface area contributed by atoms with Crippen LogP contribution in [0.15, 0.2) is 64.3 Å². The Balaban J connectivity index is 1.57. The number of anilines is 1. The Hall–Kier alpha value is -3.17. The fourth-order valence-corrected chi connectivity index (χ4v) is 4.25. The highest BCUT2D eigenvalue weighted by molar-refractivity contribution is 7.98. The third-order valence-electron chi connectivity index (χ3n) is 4.22. The fraction of sp³-hybridized carbons (Fsp3) is 0.182. The molecule has 0 aliphatic carbocycles. The number of thioether (sulfide) groups is 1. The smallest absolute Gasteiger partial charge is 0.325 e. The van der Waals surface area contributed by atoms with E-state index < -0.39 is 5.97 Å². The van der Waals surface area contributed by atoms with Crippen molar-refractivity contribution < 1.29 is 19.1 Å². The molecule has 0 radical (unpaired) electrons. The number of aromatic nitrogens is 1. The molecule has 0 aliphatic heterocycles. The van der Waals surface area contributed by atoms with E-state index >= 15 is 0 Å². The van der Waals surface area contributed by atoms with E-state index in [1.807, 2.05) is 23.6 Å². The first kappa shape index (κ1) is 22.5. The minimum Gasteiger partial charge on any atom is -0.468 e. The van der Waals surface area contributed by atoms with Crippen LogP contribution in [0.5, 0.6) is 0 Å². The first-order valence-electron chi connectivity index (χ1n) is 9.38. The van der Waals surface area contributed by atoms with Crippen LogP contribution in [0.2, 0.25) is 0 Å². The highest BCUT2D eigenvalue weighted by atomic mass is 32.2. The molecule has 2 N–H and O–H groups in total. The molecule has 0 fully saturated rings. The maximum atomic E-state index is 12.8. The number of rotatable bonds is 9. The van der Waals surface area contributed by atoms with E-state index in [2.05, 4.69) is 20.4 Å². The van der Waals surface area contributed by atoms with Gasteiger partial charge in [-0.2, -0.15) is 0 Å². The van der Waals surface area contributed by atoms with Crippen LogP contribution in [-0.2, 0) is 26.5 Å². The molecule has 0 atom stereocenters. The van der Waals surface area contributed by atoms with E-state index in [4.69, 9.17) is 0 Å². The van der Waals surface area contributed by atoms with E-state index in [1.54, 1.807) is 58.9 Å². The zero-order valence-electron chi connectivity index (χ0n) is 16.8. The van der Waals surface area contributed by atoms with Crippen molar-refractivity contribution >= 4 is 46.6 Å². The predicted molar refractivity (Wildman–Crippen MR) is 121 cm³/mol. The number of esters is 1. The number of amides is 2. The molecule has 3 rings (SSSR count). The molecule has 2 aromatic carbocycles. The van der Waals surface area contributed by atoms with Gasteiger partial charge < -0.3 is 15.4 Å². The van der Waals surface area contributed by atoms with E-state index in [0.717, 1.165) is 16.2 Å². The van der Waals surface area contributed by atoms with Gasteiger partial charge in [0.2, 0.25) is 5.91 Å². The number of hydrogen-bond acceptors (Lipinski definition) is 7. The predicted octanol–water partition coefficient (Wildman–Crippen LogP) is 3.52. The molecule has 160 valence electrons. The van der Waals surface area contributed by atoms with Crippen LogP contribution in [-0.4, -0.2) is 36.4 Å². The van der Waals surface area contributed by atoms with Gasteiger partial charge in [0.05, 0.1) is 30.3 Å². The van der Waals surface area contributed by atoms with Crippen molar-refractivity contribution in [3.05, 3.63) is 76.2 Å². The number of thiazole rings is 1. The van der Waals surface area contributed by atoms with Gasteiger partial charge in [-0.15, -0.1) is 23.1 Å². The van der Waals surface area contributed by atoms with Crippen LogP contribution in [0.1, 0.15) is 21.6 Å². The highest BCUT2D eigenvalue weighted by Crippen LogP contribution is 2.27. The van der Waals surface area contributed by atoms with Crippen LogP contribution in [0.4, 0.5) is 5.69 Å². The lowest BCUT2D eigenvalue weighted by atomic mass is 10.1. The number of methoxy groups -OCH3 is 1. The van der Waals surface area contributed by atoms with Crippen molar-refractivity contribution in [1.82, 2.24) is 10.3 Å². The lowest BCUT2D eigenvalue weighted by Crippen LogP contribution is -2.31. The quantitative estimate of drug-likeness (QED) is 0.379. The number of carbonyl (C=O) groups excluding carboxylic acids is 3. The molecule has 3 aromatic rings. The van der Waals surface area contributed by atoms with E-state index in [1.165, 1.54) is 7.11 Å². The summed E-state index contributed by atoms with van der Waals surface area (Å²) >= 11 is 3.11. The molecule has 0 bridgehead atoms. The number of nitrogens with zero attached hydrogens (tertiary/aromatic N) is 1. The molecule has 0 saturated carbocycles. The molecule has 0 saturated heterocycles. The zero-order valence-corrected chi connectivity index (χ0v) is 18.4. The second-order valence-electron chi connectivity index (χ2n) is 6.45. The number of nitrogens with one attached hydrogen (secondary N) is 2. The second kappa shape index (κ2) is 11.3. The number of hydrogen-bond donors (Lipinski definition) is 2. The number of ether oxygens (including phenoxy) is 1. The molecule has 0 spiro atoms. The van der Waals surface area contributed by atoms with Crippen LogP contribution in [0, 0.1) is 0 Å². The molecule has 31 heavy (non-hydrogen) atoms. The summed E-state index contributed by atoms with van der Waals surface area (Å²) in [4.78, 5) is 40.9. The van der Waals surface area contributed by atoms with Gasteiger partial charge in [0.1, 0.15) is 6.54 Å². The maximum Gasteiger partial charge on any atom is 0.325 e. The van der Waals surface area contributed by atoms with Gasteiger partial charge in [-0.3, -0.25) is 14.4 Å². The summed E-state index contributed by atoms with van der Waals surface area (Å²) in [6, 6.07) is 14.4. The van der Waals surface area contributed by atoms with Crippen molar-refractivity contribution in [2.75, 3.05) is 19.0 Å². The highest BCUT2D eigenvalue weighted by Gasteiger charge is 2.13. The fourth-order valence-electron chi connectivity index (χ4n) is 2.64. The Bertz CT molecular complexity index is 1040. The monoisotopic (exact) mass is 455 g/mol. The Morgan fingerprint density at radius 3 is 2.58 bits per heavy atom. The van der Waals surface area contributed by atoms with Gasteiger partial charge in [-0.05, 0) is 29.8 Å². The summed E-state index contributed by atoms with van der Waals surface area (Å²) in [5, 5.41) is 7.37. The summed E-state index contributed by atoms with van der Waals surface area (Å²) < 4.78 is 4.48. The average Bonchev–Trinajstić information content (AvgIpc) is 3.31. The third kappa shape index (κ3) is 6.94. The van der Waals surface area contributed by atoms with Crippen LogP contribution in [0.25, 0.3) is 0 Å². The van der Waals surface area contributed by atoms with Crippen molar-refractivity contribution in [2.45, 2.75) is 17.1 Å². The third-order valence-corrected chi connectivity index (χ3v) is 5.97. The van der Waals surface area contributed by atoms with Gasteiger partial charge in [-0.1, -0.05) is 24.3 Å². The average molecular weight is 456 g/mol. The number of benzene rings is 2. The normalized spacial score (nSPS) is 10.4. The van der Waals surface area contributed by atoms with Gasteiger partial charge in [-0.25, -0.2) is 4.98 Å². The van der Waals surface area contributed by atoms with Crippen molar-refractivity contribution in [1.29, 1.82) is 0 Å². The Morgan fingerprint density at radius 1 is 1.10 bits per heavy atom. The van der Waals surface area contributed by atoms with Crippen molar-refractivity contribution in [3.8, 4) is 0 Å². The molecule has 2 amide bonds. The maximum absolute atomic E-state index is 12.8. The molecular weight excluding hydrogens is 434 g/mol. The lowest BCUT2D eigenvalue weighted by Gasteiger charge is -2.10.